The average molecular weight is 306 g/mol. The predicted molar refractivity (Wildman–Crippen MR) is 70.9 cm³/mol. The lowest BCUT2D eigenvalue weighted by atomic mass is 10.2. The maximum Gasteiger partial charge on any atom is 0.157 e. The molecule has 0 aliphatic rings. The van der Waals surface area contributed by atoms with Gasteiger partial charge in [0.15, 0.2) is 9.84 Å². The summed E-state index contributed by atoms with van der Waals surface area (Å²) < 4.78 is 24.6. The Balaban J connectivity index is 2.97. The predicted octanol–water partition coefficient (Wildman–Crippen LogP) is 2.74. The van der Waals surface area contributed by atoms with Crippen LogP contribution in [-0.4, -0.2) is 13.7 Å². The zero-order valence-electron chi connectivity index (χ0n) is 9.40. The summed E-state index contributed by atoms with van der Waals surface area (Å²) in [5, 5.41) is -0.312. The summed E-state index contributed by atoms with van der Waals surface area (Å²) >= 11 is 3.30. The van der Waals surface area contributed by atoms with E-state index in [2.05, 4.69) is 15.9 Å². The van der Waals surface area contributed by atoms with Crippen LogP contribution in [0.25, 0.3) is 0 Å². The third-order valence-electron chi connectivity index (χ3n) is 2.54. The van der Waals surface area contributed by atoms with Gasteiger partial charge in [-0.2, -0.15) is 0 Å². The summed E-state index contributed by atoms with van der Waals surface area (Å²) in [6.45, 7) is 3.61. The molecule has 0 aliphatic heterocycles. The van der Waals surface area contributed by atoms with E-state index in [1.807, 2.05) is 6.92 Å². The zero-order valence-corrected chi connectivity index (χ0v) is 11.8. The summed E-state index contributed by atoms with van der Waals surface area (Å²) in [7, 11) is -3.07. The van der Waals surface area contributed by atoms with Gasteiger partial charge in [0.25, 0.3) is 0 Å². The van der Waals surface area contributed by atoms with Crippen molar-refractivity contribution in [3.05, 3.63) is 28.2 Å². The molecule has 0 aliphatic carbocycles. The summed E-state index contributed by atoms with van der Waals surface area (Å²) in [4.78, 5) is 0. The molecule has 3 nitrogen and oxygen atoms in total. The number of hydrogen-bond acceptors (Lipinski definition) is 3. The topological polar surface area (TPSA) is 60.2 Å². The highest BCUT2D eigenvalue weighted by Gasteiger charge is 2.19. The highest BCUT2D eigenvalue weighted by Crippen LogP contribution is 2.20. The number of anilines is 1. The van der Waals surface area contributed by atoms with Gasteiger partial charge in [-0.05, 0) is 37.1 Å². The fourth-order valence-corrected chi connectivity index (χ4v) is 3.37. The van der Waals surface area contributed by atoms with Crippen LogP contribution in [0.4, 0.5) is 5.69 Å². The molecule has 0 saturated heterocycles. The van der Waals surface area contributed by atoms with Crippen LogP contribution in [0.1, 0.15) is 25.8 Å². The van der Waals surface area contributed by atoms with Gasteiger partial charge >= 0.3 is 0 Å². The Morgan fingerprint density at radius 3 is 2.50 bits per heavy atom. The highest BCUT2D eigenvalue weighted by molar-refractivity contribution is 9.10. The second-order valence-electron chi connectivity index (χ2n) is 3.92. The lowest BCUT2D eigenvalue weighted by molar-refractivity contribution is 0.580. The van der Waals surface area contributed by atoms with Gasteiger partial charge in [-0.3, -0.25) is 0 Å². The van der Waals surface area contributed by atoms with E-state index in [0.717, 1.165) is 10.0 Å². The molecule has 0 saturated carbocycles. The molecule has 0 spiro atoms. The van der Waals surface area contributed by atoms with E-state index in [4.69, 9.17) is 5.73 Å². The third-order valence-corrected chi connectivity index (χ3v) is 5.29. The molecule has 0 bridgehead atoms. The summed E-state index contributed by atoms with van der Waals surface area (Å²) in [5.41, 5.74) is 6.96. The fraction of sp³-hybridized carbons (Fsp3) is 0.455. The monoisotopic (exact) mass is 305 g/mol. The van der Waals surface area contributed by atoms with Gasteiger partial charge in [-0.1, -0.05) is 22.9 Å². The van der Waals surface area contributed by atoms with Crippen LogP contribution >= 0.6 is 15.9 Å². The Hall–Kier alpha value is -0.550. The maximum atomic E-state index is 11.9. The van der Waals surface area contributed by atoms with E-state index in [-0.39, 0.29) is 11.0 Å². The lowest BCUT2D eigenvalue weighted by Gasteiger charge is -2.11. The molecule has 0 fully saturated rings. The van der Waals surface area contributed by atoms with Crippen molar-refractivity contribution in [2.45, 2.75) is 31.3 Å². The number of nitrogen functional groups attached to an aromatic ring is 1. The van der Waals surface area contributed by atoms with E-state index < -0.39 is 9.84 Å². The molecule has 16 heavy (non-hydrogen) atoms. The minimum atomic E-state index is -3.07. The molecule has 1 rings (SSSR count). The number of hydrogen-bond donors (Lipinski definition) is 1. The lowest BCUT2D eigenvalue weighted by Crippen LogP contribution is -2.18. The number of nitrogens with two attached hydrogens (primary N) is 1. The van der Waals surface area contributed by atoms with Crippen molar-refractivity contribution in [2.24, 2.45) is 0 Å². The first-order chi connectivity index (χ1) is 7.35. The van der Waals surface area contributed by atoms with Crippen molar-refractivity contribution >= 4 is 31.5 Å². The van der Waals surface area contributed by atoms with Crippen molar-refractivity contribution in [1.82, 2.24) is 0 Å². The first-order valence-electron chi connectivity index (χ1n) is 5.11. The molecule has 5 heteroatoms. The summed E-state index contributed by atoms with van der Waals surface area (Å²) in [6, 6.07) is 5.24. The molecular weight excluding hydrogens is 290 g/mol. The number of halogens is 1. The Morgan fingerprint density at radius 2 is 2.00 bits per heavy atom. The van der Waals surface area contributed by atoms with Gasteiger partial charge in [0.2, 0.25) is 0 Å². The second kappa shape index (κ2) is 5.19. The van der Waals surface area contributed by atoms with Crippen molar-refractivity contribution in [2.75, 3.05) is 5.73 Å². The Labute approximate surface area is 105 Å². The highest BCUT2D eigenvalue weighted by atomic mass is 79.9. The molecule has 0 amide bonds. The Kier molecular flexibility index (Phi) is 4.38. The molecule has 1 aromatic carbocycles. The second-order valence-corrected chi connectivity index (χ2v) is 7.25. The minimum Gasteiger partial charge on any atom is -0.399 e. The van der Waals surface area contributed by atoms with E-state index in [0.29, 0.717) is 12.1 Å². The van der Waals surface area contributed by atoms with Gasteiger partial charge in [-0.15, -0.1) is 0 Å². The summed E-state index contributed by atoms with van der Waals surface area (Å²) in [5.74, 6) is 0.0473. The average Bonchev–Trinajstić information content (AvgIpc) is 2.13. The van der Waals surface area contributed by atoms with Crippen molar-refractivity contribution in [3.8, 4) is 0 Å². The quantitative estimate of drug-likeness (QED) is 0.870. The van der Waals surface area contributed by atoms with Gasteiger partial charge in [0, 0.05) is 10.2 Å². The van der Waals surface area contributed by atoms with E-state index in [9.17, 15) is 8.42 Å². The smallest absolute Gasteiger partial charge is 0.157 e. The molecule has 1 aromatic rings. The minimum absolute atomic E-state index is 0.0473. The van der Waals surface area contributed by atoms with Crippen molar-refractivity contribution < 1.29 is 8.42 Å². The van der Waals surface area contributed by atoms with Crippen LogP contribution in [0.3, 0.4) is 0 Å². The largest absolute Gasteiger partial charge is 0.399 e. The van der Waals surface area contributed by atoms with Gasteiger partial charge in [0.1, 0.15) is 0 Å². The Bertz CT molecular complexity index is 451. The SMILES string of the molecule is CCC(C)S(=O)(=O)Cc1cc(N)cc(Br)c1. The molecule has 1 unspecified atom stereocenters. The van der Waals surface area contributed by atoms with E-state index in [1.54, 1.807) is 25.1 Å². The molecular formula is C11H16BrNO2S. The van der Waals surface area contributed by atoms with Crippen LogP contribution in [0.15, 0.2) is 22.7 Å². The molecule has 90 valence electrons. The molecule has 0 radical (unpaired) electrons. The normalized spacial score (nSPS) is 13.7. The van der Waals surface area contributed by atoms with Crippen molar-refractivity contribution in [3.63, 3.8) is 0 Å². The van der Waals surface area contributed by atoms with Crippen molar-refractivity contribution in [1.29, 1.82) is 0 Å². The van der Waals surface area contributed by atoms with Crippen LogP contribution in [0, 0.1) is 0 Å². The Morgan fingerprint density at radius 1 is 1.38 bits per heavy atom. The van der Waals surface area contributed by atoms with Gasteiger partial charge in [-0.25, -0.2) is 8.42 Å². The van der Waals surface area contributed by atoms with E-state index in [1.165, 1.54) is 0 Å². The fourth-order valence-electron chi connectivity index (χ4n) is 1.39. The molecule has 0 heterocycles. The van der Waals surface area contributed by atoms with Crippen LogP contribution < -0.4 is 5.73 Å². The van der Waals surface area contributed by atoms with Crippen LogP contribution in [0.2, 0.25) is 0 Å². The van der Waals surface area contributed by atoms with Gasteiger partial charge in [0.05, 0.1) is 11.0 Å². The standard InChI is InChI=1S/C11H16BrNO2S/c1-3-8(2)16(14,15)7-9-4-10(12)6-11(13)5-9/h4-6,8H,3,7,13H2,1-2H3. The summed E-state index contributed by atoms with van der Waals surface area (Å²) in [6.07, 6.45) is 0.631. The zero-order chi connectivity index (χ0) is 12.3. The van der Waals surface area contributed by atoms with Crippen LogP contribution in [-0.2, 0) is 15.6 Å². The van der Waals surface area contributed by atoms with E-state index >= 15 is 0 Å². The number of benzene rings is 1. The molecule has 0 aromatic heterocycles. The van der Waals surface area contributed by atoms with Gasteiger partial charge < -0.3 is 5.73 Å². The molecule has 2 N–H and O–H groups in total. The first-order valence-corrected chi connectivity index (χ1v) is 7.62. The first kappa shape index (κ1) is 13.5. The molecule has 1 atom stereocenters. The van der Waals surface area contributed by atoms with Crippen LogP contribution in [0.5, 0.6) is 0 Å². The third kappa shape index (κ3) is 3.49. The number of rotatable bonds is 4. The maximum absolute atomic E-state index is 11.9. The number of sulfone groups is 1.